The van der Waals surface area contributed by atoms with Gasteiger partial charge in [-0.05, 0) is 60.0 Å². The van der Waals surface area contributed by atoms with E-state index in [2.05, 4.69) is 10.6 Å². The number of hydrogen-bond acceptors (Lipinski definition) is 7. The maximum absolute atomic E-state index is 13.4. The van der Waals surface area contributed by atoms with Gasteiger partial charge in [-0.25, -0.2) is 14.0 Å². The summed E-state index contributed by atoms with van der Waals surface area (Å²) in [6.07, 6.45) is -0.635. The molecule has 206 valence electrons. The lowest BCUT2D eigenvalue weighted by Crippen LogP contribution is -2.53. The van der Waals surface area contributed by atoms with E-state index in [1.807, 2.05) is 0 Å². The second kappa shape index (κ2) is 14.4. The van der Waals surface area contributed by atoms with Crippen molar-refractivity contribution < 1.29 is 33.0 Å². The van der Waals surface area contributed by atoms with Crippen LogP contribution in [0.15, 0.2) is 72.8 Å². The van der Waals surface area contributed by atoms with Crippen molar-refractivity contribution in [1.29, 1.82) is 0 Å². The van der Waals surface area contributed by atoms with Crippen molar-refractivity contribution in [1.82, 2.24) is 10.6 Å². The van der Waals surface area contributed by atoms with Gasteiger partial charge in [-0.3, -0.25) is 4.79 Å². The van der Waals surface area contributed by atoms with Gasteiger partial charge >= 0.3 is 12.1 Å². The van der Waals surface area contributed by atoms with E-state index < -0.39 is 35.9 Å². The lowest BCUT2D eigenvalue weighted by atomic mass is 10.0. The Labute approximate surface area is 226 Å². The highest BCUT2D eigenvalue weighted by Crippen LogP contribution is 2.13. The van der Waals surface area contributed by atoms with E-state index in [1.54, 1.807) is 62.6 Å². The third kappa shape index (κ3) is 9.33. The van der Waals surface area contributed by atoms with Crippen LogP contribution in [0.5, 0.6) is 5.75 Å². The lowest BCUT2D eigenvalue weighted by Gasteiger charge is -2.23. The highest BCUT2D eigenvalue weighted by Gasteiger charge is 2.28. The average Bonchev–Trinajstić information content (AvgIpc) is 2.94. The molecule has 2 amide bonds. The van der Waals surface area contributed by atoms with Crippen LogP contribution in [0.1, 0.15) is 23.6 Å². The van der Waals surface area contributed by atoms with E-state index in [0.29, 0.717) is 17.0 Å². The molecule has 0 fully saturated rings. The lowest BCUT2D eigenvalue weighted by molar-refractivity contribution is -0.147. The largest absolute Gasteiger partial charge is 0.497 e. The monoisotopic (exact) mass is 537 g/mol. The van der Waals surface area contributed by atoms with Crippen LogP contribution < -0.4 is 21.1 Å². The minimum atomic E-state index is -1.08. The Morgan fingerprint density at radius 3 is 1.95 bits per heavy atom. The van der Waals surface area contributed by atoms with Crippen molar-refractivity contribution in [2.24, 2.45) is 0 Å². The third-order valence-corrected chi connectivity index (χ3v) is 5.80. The van der Waals surface area contributed by atoms with Gasteiger partial charge in [-0.2, -0.15) is 0 Å². The van der Waals surface area contributed by atoms with Crippen LogP contribution in [-0.4, -0.2) is 43.8 Å². The van der Waals surface area contributed by atoms with Crippen LogP contribution in [0.3, 0.4) is 0 Å². The Hall–Kier alpha value is -4.60. The molecule has 0 aromatic heterocycles. The number of hydrogen-bond donors (Lipinski definition) is 3. The molecule has 0 aliphatic rings. The van der Waals surface area contributed by atoms with Crippen LogP contribution >= 0.6 is 0 Å². The van der Waals surface area contributed by atoms with Gasteiger partial charge in [-0.1, -0.05) is 36.4 Å². The first-order chi connectivity index (χ1) is 18.8. The maximum atomic E-state index is 13.4. The number of carbonyl (C=O) groups is 3. The Balaban J connectivity index is 1.73. The number of nitrogen functional groups attached to an aromatic ring is 1. The molecule has 10 heteroatoms. The van der Waals surface area contributed by atoms with E-state index in [1.165, 1.54) is 24.3 Å². The summed E-state index contributed by atoms with van der Waals surface area (Å²) in [5.41, 5.74) is 8.40. The smallest absolute Gasteiger partial charge is 0.408 e. The van der Waals surface area contributed by atoms with E-state index in [4.69, 9.17) is 19.9 Å². The van der Waals surface area contributed by atoms with Gasteiger partial charge in [0.25, 0.3) is 0 Å². The van der Waals surface area contributed by atoms with Gasteiger partial charge in [0.1, 0.15) is 30.3 Å². The predicted molar refractivity (Wildman–Crippen MR) is 143 cm³/mol. The average molecular weight is 538 g/mol. The number of esters is 1. The first-order valence-corrected chi connectivity index (χ1v) is 12.4. The van der Waals surface area contributed by atoms with Gasteiger partial charge in [0.2, 0.25) is 5.91 Å². The Bertz CT molecular complexity index is 1230. The minimum absolute atomic E-state index is 0.0257. The number of anilines is 1. The van der Waals surface area contributed by atoms with Crippen molar-refractivity contribution in [3.05, 3.63) is 95.3 Å². The van der Waals surface area contributed by atoms with Crippen LogP contribution in [0.2, 0.25) is 0 Å². The Morgan fingerprint density at radius 1 is 0.795 bits per heavy atom. The normalized spacial score (nSPS) is 12.1. The number of ether oxygens (including phenoxy) is 3. The van der Waals surface area contributed by atoms with Gasteiger partial charge < -0.3 is 30.6 Å². The topological polar surface area (TPSA) is 129 Å². The predicted octanol–water partition coefficient (Wildman–Crippen LogP) is 3.54. The number of methoxy groups -OCH3 is 1. The molecule has 0 spiro atoms. The van der Waals surface area contributed by atoms with E-state index in [-0.39, 0.29) is 26.1 Å². The molecule has 0 aliphatic heterocycles. The van der Waals surface area contributed by atoms with Gasteiger partial charge in [0.05, 0.1) is 13.7 Å². The molecule has 0 saturated carbocycles. The van der Waals surface area contributed by atoms with E-state index >= 15 is 0 Å². The van der Waals surface area contributed by atoms with Crippen molar-refractivity contribution in [2.45, 2.75) is 38.5 Å². The molecule has 0 radical (unpaired) electrons. The second-order valence-electron chi connectivity index (χ2n) is 8.71. The molecule has 9 nitrogen and oxygen atoms in total. The molecule has 3 aromatic carbocycles. The summed E-state index contributed by atoms with van der Waals surface area (Å²) in [5.74, 6) is -1.02. The number of carbonyl (C=O) groups excluding carboxylic acids is 3. The second-order valence-corrected chi connectivity index (χ2v) is 8.71. The standard InChI is InChI=1S/C29H32FN3O6/c1-3-38-28(35)26(17-19-4-10-22(30)11-5-19)32-27(34)25(16-20-6-12-23(31)13-7-20)33-29(36)39-18-21-8-14-24(37-2)15-9-21/h4-15,25-26H,3,16-18,31H2,1-2H3,(H,32,34)(H,33,36)/t25-,26-/m0/s1. The summed E-state index contributed by atoms with van der Waals surface area (Å²) in [6.45, 7) is 1.74. The first-order valence-electron chi connectivity index (χ1n) is 12.4. The van der Waals surface area contributed by atoms with Gasteiger partial charge in [-0.15, -0.1) is 0 Å². The number of halogens is 1. The fourth-order valence-electron chi connectivity index (χ4n) is 3.72. The quantitative estimate of drug-likeness (QED) is 0.238. The van der Waals surface area contributed by atoms with Crippen molar-refractivity contribution in [3.8, 4) is 5.75 Å². The number of amides is 2. The summed E-state index contributed by atoms with van der Waals surface area (Å²) in [5, 5.41) is 5.26. The molecular weight excluding hydrogens is 505 g/mol. The molecule has 0 unspecified atom stereocenters. The zero-order valence-corrected chi connectivity index (χ0v) is 21.8. The van der Waals surface area contributed by atoms with Crippen LogP contribution in [0, 0.1) is 5.82 Å². The molecule has 4 N–H and O–H groups in total. The summed E-state index contributed by atoms with van der Waals surface area (Å²) < 4.78 is 28.9. The number of nitrogens with two attached hydrogens (primary N) is 1. The molecule has 0 saturated heterocycles. The third-order valence-electron chi connectivity index (χ3n) is 5.80. The van der Waals surface area contributed by atoms with E-state index in [0.717, 1.165) is 11.1 Å². The minimum Gasteiger partial charge on any atom is -0.497 e. The summed E-state index contributed by atoms with van der Waals surface area (Å²) in [4.78, 5) is 38.7. The SMILES string of the molecule is CCOC(=O)[C@H](Cc1ccc(F)cc1)NC(=O)[C@H](Cc1ccc(N)cc1)NC(=O)OCc1ccc(OC)cc1. The van der Waals surface area contributed by atoms with Crippen molar-refractivity contribution in [3.63, 3.8) is 0 Å². The van der Waals surface area contributed by atoms with Gasteiger partial charge in [0.15, 0.2) is 0 Å². The fourth-order valence-corrected chi connectivity index (χ4v) is 3.72. The fraction of sp³-hybridized carbons (Fsp3) is 0.276. The van der Waals surface area contributed by atoms with E-state index in [9.17, 15) is 18.8 Å². The molecule has 0 heterocycles. The molecule has 2 atom stereocenters. The molecule has 3 aromatic rings. The first kappa shape index (κ1) is 29.0. The number of nitrogens with one attached hydrogen (secondary N) is 2. The maximum Gasteiger partial charge on any atom is 0.408 e. The molecule has 0 bridgehead atoms. The Morgan fingerprint density at radius 2 is 1.36 bits per heavy atom. The number of rotatable bonds is 12. The summed E-state index contributed by atoms with van der Waals surface area (Å²) >= 11 is 0. The molecule has 3 rings (SSSR count). The highest BCUT2D eigenvalue weighted by molar-refractivity contribution is 5.90. The van der Waals surface area contributed by atoms with Crippen molar-refractivity contribution in [2.75, 3.05) is 19.5 Å². The number of benzene rings is 3. The van der Waals surface area contributed by atoms with Crippen molar-refractivity contribution >= 4 is 23.7 Å². The van der Waals surface area contributed by atoms with Gasteiger partial charge in [0, 0.05) is 18.5 Å². The van der Waals surface area contributed by atoms with Crippen LogP contribution in [0.25, 0.3) is 0 Å². The molecule has 39 heavy (non-hydrogen) atoms. The summed E-state index contributed by atoms with van der Waals surface area (Å²) in [6, 6.07) is 17.3. The summed E-state index contributed by atoms with van der Waals surface area (Å²) in [7, 11) is 1.55. The number of alkyl carbamates (subject to hydrolysis) is 1. The zero-order chi connectivity index (χ0) is 28.2. The molecule has 0 aliphatic carbocycles. The zero-order valence-electron chi connectivity index (χ0n) is 21.8. The highest BCUT2D eigenvalue weighted by atomic mass is 19.1. The molecular formula is C29H32FN3O6. The van der Waals surface area contributed by atoms with Crippen LogP contribution in [0.4, 0.5) is 14.9 Å². The van der Waals surface area contributed by atoms with Crippen LogP contribution in [-0.2, 0) is 38.5 Å². The Kier molecular flexibility index (Phi) is 10.7.